The molecule has 0 bridgehead atoms. The van der Waals surface area contributed by atoms with Crippen LogP contribution in [0.2, 0.25) is 0 Å². The van der Waals surface area contributed by atoms with Gasteiger partial charge in [-0.3, -0.25) is 4.79 Å². The topological polar surface area (TPSA) is 58.6 Å². The van der Waals surface area contributed by atoms with Gasteiger partial charge in [0.25, 0.3) is 5.91 Å². The van der Waals surface area contributed by atoms with E-state index in [1.807, 2.05) is 24.3 Å². The molecule has 4 nitrogen and oxygen atoms in total. The van der Waals surface area contributed by atoms with Gasteiger partial charge in [-0.1, -0.05) is 12.1 Å². The number of benzene rings is 1. The first kappa shape index (κ1) is 16.0. The zero-order chi connectivity index (χ0) is 15.3. The summed E-state index contributed by atoms with van der Waals surface area (Å²) in [7, 11) is 0. The van der Waals surface area contributed by atoms with Crippen molar-refractivity contribution in [3.05, 3.63) is 35.4 Å². The van der Waals surface area contributed by atoms with Gasteiger partial charge in [0.1, 0.15) is 0 Å². The second-order valence-electron chi connectivity index (χ2n) is 6.40. The molecule has 1 atom stereocenters. The summed E-state index contributed by atoms with van der Waals surface area (Å²) in [6.45, 7) is 4.99. The molecule has 1 aromatic rings. The van der Waals surface area contributed by atoms with Gasteiger partial charge >= 0.3 is 0 Å². The lowest BCUT2D eigenvalue weighted by atomic mass is 9.97. The fraction of sp³-hybridized carbons (Fsp3) is 0.588. The number of amides is 1. The number of rotatable bonds is 5. The van der Waals surface area contributed by atoms with Gasteiger partial charge in [0, 0.05) is 12.2 Å². The lowest BCUT2D eigenvalue weighted by molar-refractivity contribution is 0.0624. The van der Waals surface area contributed by atoms with Crippen LogP contribution >= 0.6 is 0 Å². The summed E-state index contributed by atoms with van der Waals surface area (Å²) < 4.78 is 5.38. The van der Waals surface area contributed by atoms with Gasteiger partial charge in [-0.25, -0.2) is 0 Å². The van der Waals surface area contributed by atoms with E-state index >= 15 is 0 Å². The predicted octanol–water partition coefficient (Wildman–Crippen LogP) is 2.30. The number of ether oxygens (including phenoxy) is 1. The lowest BCUT2D eigenvalue weighted by Crippen LogP contribution is -2.40. The van der Waals surface area contributed by atoms with Crippen molar-refractivity contribution in [2.45, 2.75) is 51.2 Å². The molecule has 2 N–H and O–H groups in total. The Kier molecular flexibility index (Phi) is 5.37. The summed E-state index contributed by atoms with van der Waals surface area (Å²) in [4.78, 5) is 12.3. The zero-order valence-electron chi connectivity index (χ0n) is 12.9. The first-order valence-electron chi connectivity index (χ1n) is 7.64. The molecule has 1 heterocycles. The second kappa shape index (κ2) is 7.05. The highest BCUT2D eigenvalue weighted by molar-refractivity contribution is 5.94. The standard InChI is InChI=1S/C17H25NO3/c1-17(2,20)9-8-13-5-3-6-14(11-13)16(19)18-15-7-4-10-21-12-15/h3,5-6,11,15,20H,4,7-10,12H2,1-2H3,(H,18,19). The van der Waals surface area contributed by atoms with E-state index in [1.165, 1.54) is 0 Å². The van der Waals surface area contributed by atoms with Crippen LogP contribution in [-0.2, 0) is 11.2 Å². The normalized spacial score (nSPS) is 19.3. The number of nitrogens with one attached hydrogen (secondary N) is 1. The highest BCUT2D eigenvalue weighted by atomic mass is 16.5. The second-order valence-corrected chi connectivity index (χ2v) is 6.40. The van der Waals surface area contributed by atoms with Crippen molar-refractivity contribution in [3.63, 3.8) is 0 Å². The maximum absolute atomic E-state index is 12.3. The SMILES string of the molecule is CC(C)(O)CCc1cccc(C(=O)NC2CCCOC2)c1. The van der Waals surface area contributed by atoms with Gasteiger partial charge in [0.2, 0.25) is 0 Å². The third-order valence-electron chi connectivity index (χ3n) is 3.71. The summed E-state index contributed by atoms with van der Waals surface area (Å²) in [5, 5.41) is 12.8. The van der Waals surface area contributed by atoms with Crippen LogP contribution in [0.4, 0.5) is 0 Å². The monoisotopic (exact) mass is 291 g/mol. The van der Waals surface area contributed by atoms with Crippen LogP contribution in [0, 0.1) is 0 Å². The maximum Gasteiger partial charge on any atom is 0.251 e. The van der Waals surface area contributed by atoms with Crippen LogP contribution in [0.5, 0.6) is 0 Å². The first-order valence-corrected chi connectivity index (χ1v) is 7.64. The summed E-state index contributed by atoms with van der Waals surface area (Å²) >= 11 is 0. The summed E-state index contributed by atoms with van der Waals surface area (Å²) in [6.07, 6.45) is 3.41. The van der Waals surface area contributed by atoms with E-state index in [-0.39, 0.29) is 11.9 Å². The van der Waals surface area contributed by atoms with Crippen LogP contribution in [-0.4, -0.2) is 35.9 Å². The van der Waals surface area contributed by atoms with Crippen LogP contribution in [0.3, 0.4) is 0 Å². The van der Waals surface area contributed by atoms with E-state index in [0.29, 0.717) is 18.6 Å². The quantitative estimate of drug-likeness (QED) is 0.875. The van der Waals surface area contributed by atoms with E-state index in [0.717, 1.165) is 31.4 Å². The Labute approximate surface area is 126 Å². The van der Waals surface area contributed by atoms with Crippen molar-refractivity contribution in [1.82, 2.24) is 5.32 Å². The minimum absolute atomic E-state index is 0.0457. The zero-order valence-corrected chi connectivity index (χ0v) is 12.9. The van der Waals surface area contributed by atoms with Gasteiger partial charge in [-0.05, 0) is 57.2 Å². The molecular formula is C17H25NO3. The molecule has 0 spiro atoms. The van der Waals surface area contributed by atoms with Crippen LogP contribution in [0.15, 0.2) is 24.3 Å². The average molecular weight is 291 g/mol. The van der Waals surface area contributed by atoms with Crippen molar-refractivity contribution < 1.29 is 14.6 Å². The molecule has 0 radical (unpaired) electrons. The Morgan fingerprint density at radius 2 is 2.29 bits per heavy atom. The van der Waals surface area contributed by atoms with E-state index in [4.69, 9.17) is 4.74 Å². The molecule has 0 aromatic heterocycles. The van der Waals surface area contributed by atoms with Gasteiger partial charge < -0.3 is 15.2 Å². The fourth-order valence-electron chi connectivity index (χ4n) is 2.44. The molecule has 0 saturated carbocycles. The number of hydrogen-bond donors (Lipinski definition) is 2. The summed E-state index contributed by atoms with van der Waals surface area (Å²) in [5.41, 5.74) is 1.07. The van der Waals surface area contributed by atoms with Crippen LogP contribution < -0.4 is 5.32 Å². The Morgan fingerprint density at radius 3 is 2.95 bits per heavy atom. The van der Waals surface area contributed by atoms with E-state index in [1.54, 1.807) is 13.8 Å². The first-order chi connectivity index (χ1) is 9.94. The van der Waals surface area contributed by atoms with Crippen molar-refractivity contribution in [3.8, 4) is 0 Å². The lowest BCUT2D eigenvalue weighted by Gasteiger charge is -2.23. The smallest absolute Gasteiger partial charge is 0.251 e. The molecule has 1 aliphatic heterocycles. The Hall–Kier alpha value is -1.39. The van der Waals surface area contributed by atoms with E-state index in [2.05, 4.69) is 5.32 Å². The van der Waals surface area contributed by atoms with Gasteiger partial charge in [-0.15, -0.1) is 0 Å². The van der Waals surface area contributed by atoms with Crippen molar-refractivity contribution in [1.29, 1.82) is 0 Å². The number of carbonyl (C=O) groups is 1. The molecule has 1 saturated heterocycles. The molecule has 1 amide bonds. The number of carbonyl (C=O) groups excluding carboxylic acids is 1. The van der Waals surface area contributed by atoms with Crippen molar-refractivity contribution in [2.24, 2.45) is 0 Å². The van der Waals surface area contributed by atoms with E-state index in [9.17, 15) is 9.90 Å². The molecule has 116 valence electrons. The molecule has 0 aliphatic carbocycles. The molecular weight excluding hydrogens is 266 g/mol. The minimum Gasteiger partial charge on any atom is -0.390 e. The minimum atomic E-state index is -0.683. The third-order valence-corrected chi connectivity index (χ3v) is 3.71. The largest absolute Gasteiger partial charge is 0.390 e. The predicted molar refractivity (Wildman–Crippen MR) is 82.4 cm³/mol. The van der Waals surface area contributed by atoms with Gasteiger partial charge in [-0.2, -0.15) is 0 Å². The Bertz CT molecular complexity index is 473. The number of hydrogen-bond acceptors (Lipinski definition) is 3. The summed E-state index contributed by atoms with van der Waals surface area (Å²) in [6, 6.07) is 7.74. The maximum atomic E-state index is 12.3. The van der Waals surface area contributed by atoms with Gasteiger partial charge in [0.15, 0.2) is 0 Å². The number of aryl methyl sites for hydroxylation is 1. The molecule has 1 fully saturated rings. The third kappa shape index (κ3) is 5.48. The molecule has 1 unspecified atom stereocenters. The Balaban J connectivity index is 1.94. The van der Waals surface area contributed by atoms with Crippen LogP contribution in [0.1, 0.15) is 49.0 Å². The summed E-state index contributed by atoms with van der Waals surface area (Å²) in [5.74, 6) is -0.0457. The Morgan fingerprint density at radius 1 is 1.48 bits per heavy atom. The average Bonchev–Trinajstić information content (AvgIpc) is 2.46. The van der Waals surface area contributed by atoms with Crippen molar-refractivity contribution in [2.75, 3.05) is 13.2 Å². The molecule has 1 aromatic carbocycles. The fourth-order valence-corrected chi connectivity index (χ4v) is 2.44. The molecule has 4 heteroatoms. The van der Waals surface area contributed by atoms with E-state index < -0.39 is 5.60 Å². The van der Waals surface area contributed by atoms with Crippen LogP contribution in [0.25, 0.3) is 0 Å². The number of aliphatic hydroxyl groups is 1. The van der Waals surface area contributed by atoms with Gasteiger partial charge in [0.05, 0.1) is 18.2 Å². The van der Waals surface area contributed by atoms with Crippen molar-refractivity contribution >= 4 is 5.91 Å². The molecule has 1 aliphatic rings. The molecule has 21 heavy (non-hydrogen) atoms. The highest BCUT2D eigenvalue weighted by Crippen LogP contribution is 2.15. The highest BCUT2D eigenvalue weighted by Gasteiger charge is 2.17. The molecule has 2 rings (SSSR count).